The number of benzene rings is 1. The molecule has 0 amide bonds. The van der Waals surface area contributed by atoms with E-state index in [-0.39, 0.29) is 12.4 Å². The van der Waals surface area contributed by atoms with Crippen LogP contribution in [-0.4, -0.2) is 4.98 Å². The van der Waals surface area contributed by atoms with E-state index in [4.69, 9.17) is 5.84 Å². The number of pyridine rings is 1. The molecule has 0 atom stereocenters. The first kappa shape index (κ1) is 13.5. The van der Waals surface area contributed by atoms with Gasteiger partial charge >= 0.3 is 6.18 Å². The van der Waals surface area contributed by atoms with E-state index in [0.717, 1.165) is 12.1 Å². The van der Waals surface area contributed by atoms with Crippen molar-refractivity contribution in [2.24, 2.45) is 5.84 Å². The zero-order valence-corrected chi connectivity index (χ0v) is 9.27. The number of hydrogen-bond acceptors (Lipinski definition) is 3. The molecule has 0 aliphatic rings. The fourth-order valence-corrected chi connectivity index (χ4v) is 1.45. The van der Waals surface area contributed by atoms with Crippen LogP contribution in [0.15, 0.2) is 30.5 Å². The lowest BCUT2D eigenvalue weighted by Crippen LogP contribution is -2.08. The minimum Gasteiger partial charge on any atom is -0.323 e. The van der Waals surface area contributed by atoms with E-state index in [1.165, 1.54) is 18.3 Å². The molecule has 3 nitrogen and oxygen atoms in total. The van der Waals surface area contributed by atoms with Crippen molar-refractivity contribution in [1.29, 1.82) is 0 Å². The molecule has 0 aliphatic heterocycles. The standard InChI is InChI=1S/C10H8F3N3.ClH/c11-10(12,13)6-1-2-8-7(5-6)9(16-14)3-4-15-8;/h1-5H,14H2,(H,15,16);1H. The number of nitrogens with two attached hydrogens (primary N) is 1. The average Bonchev–Trinajstić information content (AvgIpc) is 2.26. The summed E-state index contributed by atoms with van der Waals surface area (Å²) in [5.41, 5.74) is 2.50. The summed E-state index contributed by atoms with van der Waals surface area (Å²) in [5.74, 6) is 5.22. The van der Waals surface area contributed by atoms with Crippen LogP contribution in [0, 0.1) is 0 Å². The predicted molar refractivity (Wildman–Crippen MR) is 61.8 cm³/mol. The minimum absolute atomic E-state index is 0. The van der Waals surface area contributed by atoms with Gasteiger partial charge in [0.15, 0.2) is 0 Å². The van der Waals surface area contributed by atoms with Crippen molar-refractivity contribution in [1.82, 2.24) is 4.98 Å². The SMILES string of the molecule is Cl.NNc1ccnc2ccc(C(F)(F)F)cc12. The maximum absolute atomic E-state index is 12.5. The van der Waals surface area contributed by atoms with Crippen LogP contribution < -0.4 is 11.3 Å². The van der Waals surface area contributed by atoms with Crippen molar-refractivity contribution in [3.63, 3.8) is 0 Å². The number of hydrazine groups is 1. The molecule has 0 aliphatic carbocycles. The van der Waals surface area contributed by atoms with Crippen molar-refractivity contribution in [2.75, 3.05) is 5.43 Å². The minimum atomic E-state index is -4.37. The third-order valence-electron chi connectivity index (χ3n) is 2.22. The Hall–Kier alpha value is -1.53. The molecule has 1 aromatic heterocycles. The van der Waals surface area contributed by atoms with Crippen LogP contribution in [0.2, 0.25) is 0 Å². The Labute approximate surface area is 101 Å². The van der Waals surface area contributed by atoms with Gasteiger partial charge < -0.3 is 5.43 Å². The van der Waals surface area contributed by atoms with Crippen LogP contribution in [0.25, 0.3) is 10.9 Å². The molecule has 0 saturated carbocycles. The van der Waals surface area contributed by atoms with E-state index in [9.17, 15) is 13.2 Å². The molecule has 2 rings (SSSR count). The second kappa shape index (κ2) is 4.77. The van der Waals surface area contributed by atoms with Crippen molar-refractivity contribution in [3.8, 4) is 0 Å². The predicted octanol–water partition coefficient (Wildman–Crippen LogP) is 2.96. The number of fused-ring (bicyclic) bond motifs is 1. The fourth-order valence-electron chi connectivity index (χ4n) is 1.45. The van der Waals surface area contributed by atoms with Crippen LogP contribution in [0.5, 0.6) is 0 Å². The van der Waals surface area contributed by atoms with Gasteiger partial charge in [0, 0.05) is 11.6 Å². The zero-order valence-electron chi connectivity index (χ0n) is 8.45. The van der Waals surface area contributed by atoms with E-state index in [1.807, 2.05) is 0 Å². The Kier molecular flexibility index (Phi) is 3.79. The summed E-state index contributed by atoms with van der Waals surface area (Å²) >= 11 is 0. The molecule has 1 heterocycles. The normalized spacial score (nSPS) is 11.1. The Balaban J connectivity index is 0.00000144. The van der Waals surface area contributed by atoms with Crippen LogP contribution in [0.1, 0.15) is 5.56 Å². The smallest absolute Gasteiger partial charge is 0.323 e. The van der Waals surface area contributed by atoms with Gasteiger partial charge in [-0.05, 0) is 24.3 Å². The largest absolute Gasteiger partial charge is 0.416 e. The van der Waals surface area contributed by atoms with E-state index >= 15 is 0 Å². The first-order valence-electron chi connectivity index (χ1n) is 4.45. The molecule has 17 heavy (non-hydrogen) atoms. The van der Waals surface area contributed by atoms with E-state index in [1.54, 1.807) is 0 Å². The van der Waals surface area contributed by atoms with Crippen LogP contribution in [0.4, 0.5) is 18.9 Å². The highest BCUT2D eigenvalue weighted by atomic mass is 35.5. The average molecular weight is 264 g/mol. The molecule has 1 aromatic carbocycles. The maximum atomic E-state index is 12.5. The molecule has 0 radical (unpaired) electrons. The van der Waals surface area contributed by atoms with E-state index in [0.29, 0.717) is 16.6 Å². The highest BCUT2D eigenvalue weighted by Gasteiger charge is 2.30. The highest BCUT2D eigenvalue weighted by molar-refractivity contribution is 5.91. The van der Waals surface area contributed by atoms with Gasteiger partial charge in [-0.3, -0.25) is 10.8 Å². The lowest BCUT2D eigenvalue weighted by molar-refractivity contribution is -0.137. The quantitative estimate of drug-likeness (QED) is 0.614. The summed E-state index contributed by atoms with van der Waals surface area (Å²) < 4.78 is 37.4. The van der Waals surface area contributed by atoms with Crippen LogP contribution in [0.3, 0.4) is 0 Å². The number of halogens is 4. The zero-order chi connectivity index (χ0) is 11.8. The van der Waals surface area contributed by atoms with Gasteiger partial charge in [-0.25, -0.2) is 0 Å². The Morgan fingerprint density at radius 3 is 2.47 bits per heavy atom. The number of anilines is 1. The van der Waals surface area contributed by atoms with Gasteiger partial charge in [-0.1, -0.05) is 0 Å². The van der Waals surface area contributed by atoms with Gasteiger partial charge in [0.05, 0.1) is 16.8 Å². The summed E-state index contributed by atoms with van der Waals surface area (Å²) in [7, 11) is 0. The summed E-state index contributed by atoms with van der Waals surface area (Å²) in [5, 5.41) is 0.347. The highest BCUT2D eigenvalue weighted by Crippen LogP contribution is 2.32. The van der Waals surface area contributed by atoms with Gasteiger partial charge in [0.2, 0.25) is 0 Å². The number of rotatable bonds is 1. The second-order valence-electron chi connectivity index (χ2n) is 3.23. The Morgan fingerprint density at radius 1 is 1.18 bits per heavy atom. The van der Waals surface area contributed by atoms with Crippen LogP contribution in [-0.2, 0) is 6.18 Å². The molecule has 0 saturated heterocycles. The Bertz CT molecular complexity index is 528. The second-order valence-corrected chi connectivity index (χ2v) is 3.23. The van der Waals surface area contributed by atoms with Crippen molar-refractivity contribution < 1.29 is 13.2 Å². The molecular formula is C10H9ClF3N3. The number of nitrogens with zero attached hydrogens (tertiary/aromatic N) is 1. The third kappa shape index (κ3) is 2.59. The van der Waals surface area contributed by atoms with Crippen LogP contribution >= 0.6 is 12.4 Å². The summed E-state index contributed by atoms with van der Waals surface area (Å²) in [6.07, 6.45) is -2.89. The first-order valence-corrected chi connectivity index (χ1v) is 4.45. The molecule has 2 aromatic rings. The van der Waals surface area contributed by atoms with Gasteiger partial charge in [-0.15, -0.1) is 12.4 Å². The lowest BCUT2D eigenvalue weighted by Gasteiger charge is -2.09. The number of alkyl halides is 3. The summed E-state index contributed by atoms with van der Waals surface area (Å²) in [6.45, 7) is 0. The molecule has 0 spiro atoms. The van der Waals surface area contributed by atoms with Crippen molar-refractivity contribution in [2.45, 2.75) is 6.18 Å². The van der Waals surface area contributed by atoms with Gasteiger partial charge in [0.1, 0.15) is 0 Å². The van der Waals surface area contributed by atoms with Crippen molar-refractivity contribution >= 4 is 29.0 Å². The number of aromatic nitrogens is 1. The van der Waals surface area contributed by atoms with E-state index in [2.05, 4.69) is 10.4 Å². The number of hydrogen-bond donors (Lipinski definition) is 2. The molecule has 0 fully saturated rings. The topological polar surface area (TPSA) is 50.9 Å². The molecule has 3 N–H and O–H groups in total. The Morgan fingerprint density at radius 2 is 1.88 bits per heavy atom. The number of nitrogen functional groups attached to an aromatic ring is 1. The fraction of sp³-hybridized carbons (Fsp3) is 0.100. The molecule has 92 valence electrons. The monoisotopic (exact) mass is 263 g/mol. The summed E-state index contributed by atoms with van der Waals surface area (Å²) in [4.78, 5) is 3.95. The number of nitrogens with one attached hydrogen (secondary N) is 1. The van der Waals surface area contributed by atoms with Crippen molar-refractivity contribution in [3.05, 3.63) is 36.0 Å². The van der Waals surface area contributed by atoms with E-state index < -0.39 is 11.7 Å². The third-order valence-corrected chi connectivity index (χ3v) is 2.22. The lowest BCUT2D eigenvalue weighted by atomic mass is 10.1. The summed E-state index contributed by atoms with van der Waals surface area (Å²) in [6, 6.07) is 4.86. The maximum Gasteiger partial charge on any atom is 0.416 e. The van der Waals surface area contributed by atoms with Gasteiger partial charge in [0.25, 0.3) is 0 Å². The molecule has 0 bridgehead atoms. The molecule has 7 heteroatoms. The molecular weight excluding hydrogens is 255 g/mol. The first-order chi connectivity index (χ1) is 7.52. The molecule has 0 unspecified atom stereocenters. The van der Waals surface area contributed by atoms with Gasteiger partial charge in [-0.2, -0.15) is 13.2 Å².